The second kappa shape index (κ2) is 14.2. The van der Waals surface area contributed by atoms with Crippen molar-refractivity contribution in [3.05, 3.63) is 157 Å². The molecule has 0 bridgehead atoms. The molecule has 0 amide bonds. The zero-order chi connectivity index (χ0) is 31.9. The number of fused-ring (bicyclic) bond motifs is 2. The van der Waals surface area contributed by atoms with Crippen LogP contribution in [-0.2, 0) is 5.54 Å². The van der Waals surface area contributed by atoms with Crippen molar-refractivity contribution >= 4 is 21.5 Å². The maximum Gasteiger partial charge on any atom is 0.127 e. The third kappa shape index (κ3) is 6.50. The van der Waals surface area contributed by atoms with Crippen molar-refractivity contribution in [1.82, 2.24) is 9.80 Å². The van der Waals surface area contributed by atoms with E-state index in [1.807, 2.05) is 0 Å². The van der Waals surface area contributed by atoms with Crippen LogP contribution in [0.5, 0.6) is 11.5 Å². The molecule has 6 aromatic carbocycles. The van der Waals surface area contributed by atoms with Gasteiger partial charge in [-0.2, -0.15) is 0 Å². The SMILES string of the molecule is CN(C)C(CC(Oc1cccc2ccccc12)C(CCOc1cccc2ccccc12)(c1ccccc1)N(C)C)c1ccccc1. The van der Waals surface area contributed by atoms with Gasteiger partial charge in [0.05, 0.1) is 12.1 Å². The molecule has 0 radical (unpaired) electrons. The van der Waals surface area contributed by atoms with Gasteiger partial charge in [-0.05, 0) is 62.2 Å². The van der Waals surface area contributed by atoms with E-state index in [1.54, 1.807) is 0 Å². The largest absolute Gasteiger partial charge is 0.493 e. The van der Waals surface area contributed by atoms with Crippen molar-refractivity contribution in [1.29, 1.82) is 0 Å². The third-order valence-electron chi connectivity index (χ3n) is 9.36. The summed E-state index contributed by atoms with van der Waals surface area (Å²) in [6.07, 6.45) is 1.25. The number of rotatable bonds is 13. The first-order valence-electron chi connectivity index (χ1n) is 16.2. The summed E-state index contributed by atoms with van der Waals surface area (Å²) in [5.74, 6) is 1.80. The van der Waals surface area contributed by atoms with Crippen LogP contribution in [0.1, 0.15) is 30.0 Å². The van der Waals surface area contributed by atoms with Crippen LogP contribution < -0.4 is 9.47 Å². The molecular weight excluding hydrogens is 564 g/mol. The molecule has 3 atom stereocenters. The summed E-state index contributed by atoms with van der Waals surface area (Å²) in [7, 11) is 8.68. The Morgan fingerprint density at radius 2 is 1.09 bits per heavy atom. The lowest BCUT2D eigenvalue weighted by Crippen LogP contribution is -2.55. The number of benzene rings is 6. The molecule has 234 valence electrons. The maximum absolute atomic E-state index is 7.36. The van der Waals surface area contributed by atoms with E-state index in [4.69, 9.17) is 9.47 Å². The van der Waals surface area contributed by atoms with E-state index in [9.17, 15) is 0 Å². The lowest BCUT2D eigenvalue weighted by atomic mass is 9.77. The molecule has 0 aliphatic carbocycles. The Morgan fingerprint density at radius 3 is 1.70 bits per heavy atom. The standard InChI is InChI=1S/C42H44N2O2/c1-43(2)38(34-19-7-5-8-20-34)31-41(46-40-28-16-22-33-18-12-14-26-37(33)40)42(44(3)4,35-23-9-6-10-24-35)29-30-45-39-27-15-21-32-17-11-13-25-36(32)39/h5-28,38,41H,29-31H2,1-4H3. The maximum atomic E-state index is 7.36. The van der Waals surface area contributed by atoms with Gasteiger partial charge in [-0.1, -0.05) is 133 Å². The molecule has 0 aliphatic rings. The van der Waals surface area contributed by atoms with Crippen LogP contribution in [0, 0.1) is 0 Å². The minimum Gasteiger partial charge on any atom is -0.493 e. The predicted octanol–water partition coefficient (Wildman–Crippen LogP) is 9.36. The van der Waals surface area contributed by atoms with Gasteiger partial charge in [-0.15, -0.1) is 0 Å². The molecule has 0 aliphatic heterocycles. The number of hydrogen-bond donors (Lipinski definition) is 0. The monoisotopic (exact) mass is 608 g/mol. The molecule has 6 aromatic rings. The second-order valence-electron chi connectivity index (χ2n) is 12.5. The van der Waals surface area contributed by atoms with Gasteiger partial charge in [0, 0.05) is 29.7 Å². The molecule has 0 spiro atoms. The van der Waals surface area contributed by atoms with Gasteiger partial charge < -0.3 is 14.4 Å². The van der Waals surface area contributed by atoms with Gasteiger partial charge in [0.15, 0.2) is 0 Å². The van der Waals surface area contributed by atoms with Crippen LogP contribution in [0.15, 0.2) is 146 Å². The molecule has 4 nitrogen and oxygen atoms in total. The minimum absolute atomic E-state index is 0.128. The summed E-state index contributed by atoms with van der Waals surface area (Å²) in [4.78, 5) is 4.66. The summed E-state index contributed by atoms with van der Waals surface area (Å²) in [5.41, 5.74) is 1.95. The smallest absolute Gasteiger partial charge is 0.127 e. The molecule has 3 unspecified atom stereocenters. The molecule has 6 rings (SSSR count). The van der Waals surface area contributed by atoms with E-state index in [0.717, 1.165) is 35.1 Å². The molecule has 46 heavy (non-hydrogen) atoms. The molecule has 0 aromatic heterocycles. The van der Waals surface area contributed by atoms with E-state index in [1.165, 1.54) is 21.9 Å². The lowest BCUT2D eigenvalue weighted by molar-refractivity contribution is -0.0243. The third-order valence-corrected chi connectivity index (χ3v) is 9.36. The Kier molecular flexibility index (Phi) is 9.68. The fourth-order valence-corrected chi connectivity index (χ4v) is 6.94. The molecular formula is C42H44N2O2. The number of ether oxygens (including phenoxy) is 2. The Labute approximate surface area is 273 Å². The lowest BCUT2D eigenvalue weighted by Gasteiger charge is -2.47. The van der Waals surface area contributed by atoms with Gasteiger partial charge in [-0.3, -0.25) is 4.90 Å². The predicted molar refractivity (Wildman–Crippen MR) is 192 cm³/mol. The zero-order valence-electron chi connectivity index (χ0n) is 27.3. The van der Waals surface area contributed by atoms with E-state index in [-0.39, 0.29) is 12.1 Å². The number of nitrogens with zero attached hydrogens (tertiary/aromatic N) is 2. The molecule has 0 saturated heterocycles. The second-order valence-corrected chi connectivity index (χ2v) is 12.5. The van der Waals surface area contributed by atoms with Crippen molar-refractivity contribution in [2.24, 2.45) is 0 Å². The van der Waals surface area contributed by atoms with Gasteiger partial charge in [0.1, 0.15) is 17.6 Å². The number of hydrogen-bond acceptors (Lipinski definition) is 4. The first-order chi connectivity index (χ1) is 22.5. The average molecular weight is 609 g/mol. The summed E-state index contributed by atoms with van der Waals surface area (Å²) in [5, 5.41) is 4.58. The summed E-state index contributed by atoms with van der Waals surface area (Å²) >= 11 is 0. The Bertz CT molecular complexity index is 1840. The molecule has 0 saturated carbocycles. The highest BCUT2D eigenvalue weighted by Gasteiger charge is 2.46. The van der Waals surface area contributed by atoms with E-state index < -0.39 is 5.54 Å². The van der Waals surface area contributed by atoms with Crippen LogP contribution in [0.25, 0.3) is 21.5 Å². The topological polar surface area (TPSA) is 24.9 Å². The van der Waals surface area contributed by atoms with Gasteiger partial charge in [0.25, 0.3) is 0 Å². The van der Waals surface area contributed by atoms with Crippen molar-refractivity contribution < 1.29 is 9.47 Å². The fraction of sp³-hybridized carbons (Fsp3) is 0.238. The van der Waals surface area contributed by atoms with Crippen LogP contribution >= 0.6 is 0 Å². The molecule has 0 heterocycles. The van der Waals surface area contributed by atoms with Crippen LogP contribution in [0.4, 0.5) is 0 Å². The minimum atomic E-state index is -0.522. The molecule has 0 fully saturated rings. The highest BCUT2D eigenvalue weighted by Crippen LogP contribution is 2.42. The Morgan fingerprint density at radius 1 is 0.565 bits per heavy atom. The van der Waals surface area contributed by atoms with Gasteiger partial charge in [0.2, 0.25) is 0 Å². The van der Waals surface area contributed by atoms with Crippen molar-refractivity contribution in [3.8, 4) is 11.5 Å². The number of likely N-dealkylation sites (N-methyl/N-ethyl adjacent to an activating group) is 1. The Balaban J connectivity index is 1.46. The summed E-state index contributed by atoms with van der Waals surface area (Å²) < 4.78 is 14.0. The van der Waals surface area contributed by atoms with E-state index in [2.05, 4.69) is 184 Å². The van der Waals surface area contributed by atoms with E-state index in [0.29, 0.717) is 6.61 Å². The first-order valence-corrected chi connectivity index (χ1v) is 16.2. The first kappa shape index (κ1) is 31.3. The van der Waals surface area contributed by atoms with Gasteiger partial charge >= 0.3 is 0 Å². The fourth-order valence-electron chi connectivity index (χ4n) is 6.94. The average Bonchev–Trinajstić information content (AvgIpc) is 3.09. The zero-order valence-corrected chi connectivity index (χ0v) is 27.3. The summed E-state index contributed by atoms with van der Waals surface area (Å²) in [6.45, 7) is 0.522. The van der Waals surface area contributed by atoms with Crippen LogP contribution in [0.3, 0.4) is 0 Å². The van der Waals surface area contributed by atoms with Gasteiger partial charge in [-0.25, -0.2) is 0 Å². The van der Waals surface area contributed by atoms with Crippen LogP contribution in [-0.4, -0.2) is 50.7 Å². The highest BCUT2D eigenvalue weighted by atomic mass is 16.5. The van der Waals surface area contributed by atoms with E-state index >= 15 is 0 Å². The molecule has 0 N–H and O–H groups in total. The highest BCUT2D eigenvalue weighted by molar-refractivity contribution is 5.89. The van der Waals surface area contributed by atoms with Crippen molar-refractivity contribution in [2.45, 2.75) is 30.5 Å². The summed E-state index contributed by atoms with van der Waals surface area (Å²) in [6, 6.07) is 51.3. The van der Waals surface area contributed by atoms with Crippen molar-refractivity contribution in [2.75, 3.05) is 34.8 Å². The quantitative estimate of drug-likeness (QED) is 0.130. The van der Waals surface area contributed by atoms with Crippen LogP contribution in [0.2, 0.25) is 0 Å². The normalized spacial score (nSPS) is 14.3. The molecule has 4 heteroatoms. The van der Waals surface area contributed by atoms with Crippen molar-refractivity contribution in [3.63, 3.8) is 0 Å². The Hall–Kier alpha value is -4.64.